The van der Waals surface area contributed by atoms with Gasteiger partial charge in [-0.1, -0.05) is 18.6 Å². The highest BCUT2D eigenvalue weighted by molar-refractivity contribution is 5.25. The zero-order chi connectivity index (χ0) is 14.1. The van der Waals surface area contributed by atoms with Crippen molar-refractivity contribution in [3.63, 3.8) is 0 Å². The van der Waals surface area contributed by atoms with Crippen LogP contribution in [0.1, 0.15) is 49.8 Å². The van der Waals surface area contributed by atoms with E-state index in [1.165, 1.54) is 38.8 Å². The molecular formula is C17H25FN2. The molecule has 0 saturated carbocycles. The molecule has 110 valence electrons. The van der Waals surface area contributed by atoms with Gasteiger partial charge in [0.15, 0.2) is 0 Å². The van der Waals surface area contributed by atoms with Crippen LogP contribution in [0, 0.1) is 12.7 Å². The van der Waals surface area contributed by atoms with E-state index in [1.54, 1.807) is 6.07 Å². The van der Waals surface area contributed by atoms with Crippen LogP contribution in [-0.2, 0) is 0 Å². The predicted molar refractivity (Wildman–Crippen MR) is 80.3 cm³/mol. The van der Waals surface area contributed by atoms with E-state index >= 15 is 0 Å². The first-order chi connectivity index (χ1) is 9.65. The summed E-state index contributed by atoms with van der Waals surface area (Å²) in [5.41, 5.74) is 1.78. The maximum absolute atomic E-state index is 13.7. The SMILES string of the molecule is Cc1ccc(C(C)NC2CCN3CCCCC23)cc1F. The van der Waals surface area contributed by atoms with Gasteiger partial charge in [-0.05, 0) is 56.8 Å². The van der Waals surface area contributed by atoms with E-state index < -0.39 is 0 Å². The smallest absolute Gasteiger partial charge is 0.126 e. The van der Waals surface area contributed by atoms with Crippen LogP contribution < -0.4 is 5.32 Å². The first-order valence-corrected chi connectivity index (χ1v) is 7.91. The number of piperidine rings is 1. The van der Waals surface area contributed by atoms with Crippen LogP contribution in [0.3, 0.4) is 0 Å². The van der Waals surface area contributed by atoms with E-state index in [0.717, 1.165) is 11.1 Å². The molecule has 2 aliphatic rings. The number of benzene rings is 1. The number of nitrogens with zero attached hydrogens (tertiary/aromatic N) is 1. The molecule has 2 nitrogen and oxygen atoms in total. The first-order valence-electron chi connectivity index (χ1n) is 7.91. The van der Waals surface area contributed by atoms with Crippen LogP contribution in [0.4, 0.5) is 4.39 Å². The Labute approximate surface area is 121 Å². The van der Waals surface area contributed by atoms with E-state index in [-0.39, 0.29) is 11.9 Å². The molecule has 2 heterocycles. The Morgan fingerprint density at radius 3 is 2.90 bits per heavy atom. The average Bonchev–Trinajstić information content (AvgIpc) is 2.85. The number of rotatable bonds is 3. The zero-order valence-corrected chi connectivity index (χ0v) is 12.5. The Morgan fingerprint density at radius 2 is 2.10 bits per heavy atom. The molecule has 1 aromatic rings. The number of fused-ring (bicyclic) bond motifs is 1. The second kappa shape index (κ2) is 5.82. The number of hydrogen-bond donors (Lipinski definition) is 1. The summed E-state index contributed by atoms with van der Waals surface area (Å²) < 4.78 is 13.7. The third-order valence-corrected chi connectivity index (χ3v) is 5.02. The van der Waals surface area contributed by atoms with Gasteiger partial charge in [0.05, 0.1) is 0 Å². The van der Waals surface area contributed by atoms with Crippen molar-refractivity contribution in [3.8, 4) is 0 Å². The van der Waals surface area contributed by atoms with Gasteiger partial charge in [0.2, 0.25) is 0 Å². The van der Waals surface area contributed by atoms with E-state index in [0.29, 0.717) is 12.1 Å². The standard InChI is InChI=1S/C17H25FN2/c1-12-6-7-14(11-15(12)18)13(2)19-16-8-10-20-9-4-3-5-17(16)20/h6-7,11,13,16-17,19H,3-5,8-10H2,1-2H3. The minimum absolute atomic E-state index is 0.0955. The lowest BCUT2D eigenvalue weighted by Crippen LogP contribution is -2.45. The lowest BCUT2D eigenvalue weighted by Gasteiger charge is -2.34. The highest BCUT2D eigenvalue weighted by Crippen LogP contribution is 2.29. The number of hydrogen-bond acceptors (Lipinski definition) is 2. The molecule has 3 rings (SSSR count). The second-order valence-corrected chi connectivity index (χ2v) is 6.39. The molecule has 1 aromatic carbocycles. The van der Waals surface area contributed by atoms with Crippen LogP contribution in [0.5, 0.6) is 0 Å². The van der Waals surface area contributed by atoms with Gasteiger partial charge in [-0.25, -0.2) is 4.39 Å². The maximum atomic E-state index is 13.7. The van der Waals surface area contributed by atoms with E-state index in [9.17, 15) is 4.39 Å². The molecule has 2 saturated heterocycles. The Hall–Kier alpha value is -0.930. The summed E-state index contributed by atoms with van der Waals surface area (Å²) in [7, 11) is 0. The van der Waals surface area contributed by atoms with Gasteiger partial charge in [-0.15, -0.1) is 0 Å². The lowest BCUT2D eigenvalue weighted by molar-refractivity contribution is 0.177. The van der Waals surface area contributed by atoms with Crippen molar-refractivity contribution in [2.45, 2.75) is 57.7 Å². The van der Waals surface area contributed by atoms with Crippen LogP contribution in [-0.4, -0.2) is 30.1 Å². The van der Waals surface area contributed by atoms with Crippen LogP contribution in [0.15, 0.2) is 18.2 Å². The van der Waals surface area contributed by atoms with Gasteiger partial charge in [0, 0.05) is 24.7 Å². The minimum Gasteiger partial charge on any atom is -0.306 e. The number of halogens is 1. The molecule has 3 unspecified atom stereocenters. The van der Waals surface area contributed by atoms with Gasteiger partial charge in [0.25, 0.3) is 0 Å². The second-order valence-electron chi connectivity index (χ2n) is 6.39. The van der Waals surface area contributed by atoms with Gasteiger partial charge in [0.1, 0.15) is 5.82 Å². The fourth-order valence-electron chi connectivity index (χ4n) is 3.74. The summed E-state index contributed by atoms with van der Waals surface area (Å²) in [6.45, 7) is 6.44. The molecule has 0 aliphatic carbocycles. The third kappa shape index (κ3) is 2.75. The molecule has 2 aliphatic heterocycles. The molecule has 20 heavy (non-hydrogen) atoms. The van der Waals surface area contributed by atoms with Gasteiger partial charge >= 0.3 is 0 Å². The van der Waals surface area contributed by atoms with E-state index in [2.05, 4.69) is 17.1 Å². The fourth-order valence-corrected chi connectivity index (χ4v) is 3.74. The first kappa shape index (κ1) is 14.0. The molecule has 0 bridgehead atoms. The average molecular weight is 276 g/mol. The molecule has 3 heteroatoms. The van der Waals surface area contributed by atoms with Gasteiger partial charge < -0.3 is 5.32 Å². The highest BCUT2D eigenvalue weighted by atomic mass is 19.1. The molecular weight excluding hydrogens is 251 g/mol. The van der Waals surface area contributed by atoms with Crippen LogP contribution in [0.2, 0.25) is 0 Å². The maximum Gasteiger partial charge on any atom is 0.126 e. The van der Waals surface area contributed by atoms with E-state index in [4.69, 9.17) is 0 Å². The monoisotopic (exact) mass is 276 g/mol. The summed E-state index contributed by atoms with van der Waals surface area (Å²) >= 11 is 0. The van der Waals surface area contributed by atoms with Gasteiger partial charge in [-0.2, -0.15) is 0 Å². The summed E-state index contributed by atoms with van der Waals surface area (Å²) in [5.74, 6) is -0.0955. The Balaban J connectivity index is 1.66. The third-order valence-electron chi connectivity index (χ3n) is 5.02. The van der Waals surface area contributed by atoms with Gasteiger partial charge in [-0.3, -0.25) is 4.90 Å². The molecule has 3 atom stereocenters. The van der Waals surface area contributed by atoms with Crippen molar-refractivity contribution in [1.29, 1.82) is 0 Å². The topological polar surface area (TPSA) is 15.3 Å². The van der Waals surface area contributed by atoms with Crippen molar-refractivity contribution < 1.29 is 4.39 Å². The normalized spacial score (nSPS) is 28.4. The van der Waals surface area contributed by atoms with E-state index in [1.807, 2.05) is 19.1 Å². The number of aryl methyl sites for hydroxylation is 1. The summed E-state index contributed by atoms with van der Waals surface area (Å²) in [5, 5.41) is 3.73. The molecule has 2 fully saturated rings. The number of nitrogens with one attached hydrogen (secondary N) is 1. The molecule has 0 radical (unpaired) electrons. The zero-order valence-electron chi connectivity index (χ0n) is 12.5. The van der Waals surface area contributed by atoms with Crippen molar-refractivity contribution in [1.82, 2.24) is 10.2 Å². The van der Waals surface area contributed by atoms with Crippen molar-refractivity contribution in [2.75, 3.05) is 13.1 Å². The van der Waals surface area contributed by atoms with Crippen LogP contribution in [0.25, 0.3) is 0 Å². The van der Waals surface area contributed by atoms with Crippen molar-refractivity contribution in [3.05, 3.63) is 35.1 Å². The fraction of sp³-hybridized carbons (Fsp3) is 0.647. The Bertz CT molecular complexity index is 474. The summed E-state index contributed by atoms with van der Waals surface area (Å²) in [6.07, 6.45) is 5.24. The van der Waals surface area contributed by atoms with Crippen molar-refractivity contribution >= 4 is 0 Å². The molecule has 0 spiro atoms. The Kier molecular flexibility index (Phi) is 4.08. The predicted octanol–water partition coefficient (Wildman–Crippen LogP) is 3.41. The summed E-state index contributed by atoms with van der Waals surface area (Å²) in [6, 6.07) is 7.09. The Morgan fingerprint density at radius 1 is 1.25 bits per heavy atom. The largest absolute Gasteiger partial charge is 0.306 e. The van der Waals surface area contributed by atoms with Crippen molar-refractivity contribution in [2.24, 2.45) is 0 Å². The highest BCUT2D eigenvalue weighted by Gasteiger charge is 2.35. The summed E-state index contributed by atoms with van der Waals surface area (Å²) in [4.78, 5) is 2.63. The lowest BCUT2D eigenvalue weighted by atomic mass is 9.97. The molecule has 0 aromatic heterocycles. The van der Waals surface area contributed by atoms with Crippen LogP contribution >= 0.6 is 0 Å². The molecule has 1 N–H and O–H groups in total. The minimum atomic E-state index is -0.0955. The molecule has 0 amide bonds. The quantitative estimate of drug-likeness (QED) is 0.910.